The number of ketones is 1. The van der Waals surface area contributed by atoms with E-state index in [0.717, 1.165) is 31.1 Å². The van der Waals surface area contributed by atoms with Crippen LogP contribution in [0.5, 0.6) is 0 Å². The molecule has 1 heteroatoms. The van der Waals surface area contributed by atoms with Crippen LogP contribution >= 0.6 is 0 Å². The number of carbonyl (C=O) groups excluding carboxylic acids is 1. The van der Waals surface area contributed by atoms with E-state index in [1.54, 1.807) is 0 Å². The summed E-state index contributed by atoms with van der Waals surface area (Å²) in [7, 11) is 0. The first kappa shape index (κ1) is 26.7. The molecule has 1 atom stereocenters. The van der Waals surface area contributed by atoms with Gasteiger partial charge in [-0.2, -0.15) is 0 Å². The quantitative estimate of drug-likeness (QED) is 0.228. The Bertz CT molecular complexity index is 773. The highest BCUT2D eigenvalue weighted by Gasteiger charge is 2.25. The van der Waals surface area contributed by atoms with E-state index in [4.69, 9.17) is 0 Å². The van der Waals surface area contributed by atoms with Crippen molar-refractivity contribution >= 4 is 5.78 Å². The van der Waals surface area contributed by atoms with Gasteiger partial charge in [0.15, 0.2) is 0 Å². The topological polar surface area (TPSA) is 17.1 Å². The highest BCUT2D eigenvalue weighted by Crippen LogP contribution is 2.34. The summed E-state index contributed by atoms with van der Waals surface area (Å²) < 4.78 is 0. The van der Waals surface area contributed by atoms with E-state index in [2.05, 4.69) is 60.7 Å². The molecule has 2 aromatic rings. The average molecular weight is 461 g/mol. The molecule has 1 nitrogen and oxygen atoms in total. The van der Waals surface area contributed by atoms with Crippen LogP contribution in [0.15, 0.2) is 60.7 Å². The van der Waals surface area contributed by atoms with Crippen LogP contribution < -0.4 is 0 Å². The predicted molar refractivity (Wildman–Crippen MR) is 146 cm³/mol. The fraction of sp³-hybridized carbons (Fsp3) is 0.606. The van der Waals surface area contributed by atoms with Crippen molar-refractivity contribution in [1.29, 1.82) is 0 Å². The van der Waals surface area contributed by atoms with Gasteiger partial charge in [0.1, 0.15) is 5.78 Å². The Morgan fingerprint density at radius 3 is 1.94 bits per heavy atom. The predicted octanol–water partition coefficient (Wildman–Crippen LogP) is 9.38. The zero-order valence-corrected chi connectivity index (χ0v) is 21.7. The van der Waals surface area contributed by atoms with Gasteiger partial charge < -0.3 is 0 Å². The van der Waals surface area contributed by atoms with Crippen molar-refractivity contribution in [2.75, 3.05) is 0 Å². The molecule has 34 heavy (non-hydrogen) atoms. The first-order chi connectivity index (χ1) is 16.7. The molecule has 1 fully saturated rings. The van der Waals surface area contributed by atoms with Gasteiger partial charge in [-0.15, -0.1) is 0 Å². The maximum absolute atomic E-state index is 12.0. The normalized spacial score (nSPS) is 19.1. The summed E-state index contributed by atoms with van der Waals surface area (Å²) >= 11 is 0. The molecule has 1 unspecified atom stereocenters. The van der Waals surface area contributed by atoms with E-state index in [0.29, 0.717) is 11.7 Å². The third-order valence-electron chi connectivity index (χ3n) is 8.24. The van der Waals surface area contributed by atoms with Crippen LogP contribution in [0.4, 0.5) is 0 Å². The fourth-order valence-electron chi connectivity index (χ4n) is 5.92. The molecule has 1 aliphatic rings. The minimum atomic E-state index is 0.372. The second-order valence-corrected chi connectivity index (χ2v) is 10.8. The summed E-state index contributed by atoms with van der Waals surface area (Å²) in [6, 6.07) is 22.0. The molecule has 1 saturated carbocycles. The third-order valence-corrected chi connectivity index (χ3v) is 8.24. The minimum absolute atomic E-state index is 0.372. The first-order valence-corrected chi connectivity index (χ1v) is 14.3. The van der Waals surface area contributed by atoms with E-state index >= 15 is 0 Å². The monoisotopic (exact) mass is 460 g/mol. The van der Waals surface area contributed by atoms with Crippen molar-refractivity contribution in [1.82, 2.24) is 0 Å². The van der Waals surface area contributed by atoms with Gasteiger partial charge in [-0.3, -0.25) is 4.79 Å². The third kappa shape index (κ3) is 10.2. The van der Waals surface area contributed by atoms with Crippen molar-refractivity contribution in [2.45, 2.75) is 110 Å². The SMILES string of the molecule is CCC(=O)C1CCC(CCC(CCCCCCCc2ccccc2)CCc2ccccc2)CC1. The summed E-state index contributed by atoms with van der Waals surface area (Å²) in [5.74, 6) is 2.60. The number of benzene rings is 2. The Morgan fingerprint density at radius 2 is 1.29 bits per heavy atom. The van der Waals surface area contributed by atoms with Crippen LogP contribution in [-0.2, 0) is 17.6 Å². The molecule has 0 aromatic heterocycles. The van der Waals surface area contributed by atoms with Gasteiger partial charge in [0, 0.05) is 12.3 Å². The summed E-state index contributed by atoms with van der Waals surface area (Å²) in [5.41, 5.74) is 2.98. The molecule has 0 saturated heterocycles. The smallest absolute Gasteiger partial charge is 0.135 e. The Morgan fingerprint density at radius 1 is 0.706 bits per heavy atom. The van der Waals surface area contributed by atoms with Gasteiger partial charge in [0.2, 0.25) is 0 Å². The zero-order valence-electron chi connectivity index (χ0n) is 21.7. The van der Waals surface area contributed by atoms with Crippen molar-refractivity contribution in [3.63, 3.8) is 0 Å². The largest absolute Gasteiger partial charge is 0.299 e. The first-order valence-electron chi connectivity index (χ1n) is 14.3. The Kier molecular flexibility index (Phi) is 12.5. The summed E-state index contributed by atoms with van der Waals surface area (Å²) in [5, 5.41) is 0. The van der Waals surface area contributed by atoms with Gasteiger partial charge in [0.25, 0.3) is 0 Å². The van der Waals surface area contributed by atoms with Crippen molar-refractivity contribution in [2.24, 2.45) is 17.8 Å². The fourth-order valence-corrected chi connectivity index (χ4v) is 5.92. The number of hydrogen-bond acceptors (Lipinski definition) is 1. The lowest BCUT2D eigenvalue weighted by atomic mass is 9.76. The number of rotatable bonds is 16. The van der Waals surface area contributed by atoms with Crippen LogP contribution in [0.3, 0.4) is 0 Å². The van der Waals surface area contributed by atoms with E-state index in [-0.39, 0.29) is 0 Å². The molecular formula is C33H48O. The molecular weight excluding hydrogens is 412 g/mol. The lowest BCUT2D eigenvalue weighted by Gasteiger charge is -2.29. The maximum Gasteiger partial charge on any atom is 0.135 e. The van der Waals surface area contributed by atoms with E-state index in [1.807, 2.05) is 6.92 Å². The number of unbranched alkanes of at least 4 members (excludes halogenated alkanes) is 4. The standard InChI is InChI=1S/C33H48O/c1-2-33(34)32-26-24-31(25-27-32)23-22-30(21-20-29-17-12-7-13-18-29)19-9-5-3-4-8-14-28-15-10-6-11-16-28/h6-7,10-13,15-18,30-32H,2-5,8-9,14,19-27H2,1H3. The van der Waals surface area contributed by atoms with Gasteiger partial charge in [-0.25, -0.2) is 0 Å². The maximum atomic E-state index is 12.0. The molecule has 186 valence electrons. The van der Waals surface area contributed by atoms with Crippen molar-refractivity contribution in [3.8, 4) is 0 Å². The zero-order chi connectivity index (χ0) is 23.8. The van der Waals surface area contributed by atoms with Crippen LogP contribution in [0, 0.1) is 17.8 Å². The van der Waals surface area contributed by atoms with Gasteiger partial charge in [0.05, 0.1) is 0 Å². The molecule has 0 spiro atoms. The number of Topliss-reactive ketones (excluding diaryl/α,β-unsaturated/α-hetero) is 1. The van der Waals surface area contributed by atoms with Crippen LogP contribution in [0.1, 0.15) is 108 Å². The Hall–Kier alpha value is -1.89. The van der Waals surface area contributed by atoms with Crippen molar-refractivity contribution in [3.05, 3.63) is 71.8 Å². The second-order valence-electron chi connectivity index (χ2n) is 10.8. The second kappa shape index (κ2) is 15.9. The molecule has 0 amide bonds. The summed E-state index contributed by atoms with van der Waals surface area (Å²) in [4.78, 5) is 12.0. The Balaban J connectivity index is 1.34. The van der Waals surface area contributed by atoms with E-state index in [9.17, 15) is 4.79 Å². The summed E-state index contributed by atoms with van der Waals surface area (Å²) in [6.07, 6.45) is 20.4. The summed E-state index contributed by atoms with van der Waals surface area (Å²) in [6.45, 7) is 2.02. The molecule has 1 aliphatic carbocycles. The molecule has 0 N–H and O–H groups in total. The molecule has 3 rings (SSSR count). The molecule has 0 aliphatic heterocycles. The van der Waals surface area contributed by atoms with E-state index < -0.39 is 0 Å². The number of aryl methyl sites for hydroxylation is 2. The molecule has 0 heterocycles. The van der Waals surface area contributed by atoms with Crippen LogP contribution in [-0.4, -0.2) is 5.78 Å². The van der Waals surface area contributed by atoms with Crippen LogP contribution in [0.25, 0.3) is 0 Å². The highest BCUT2D eigenvalue weighted by molar-refractivity contribution is 5.80. The lowest BCUT2D eigenvalue weighted by molar-refractivity contribution is -0.123. The van der Waals surface area contributed by atoms with Gasteiger partial charge in [-0.05, 0) is 74.3 Å². The minimum Gasteiger partial charge on any atom is -0.299 e. The van der Waals surface area contributed by atoms with Gasteiger partial charge in [-0.1, -0.05) is 113 Å². The average Bonchev–Trinajstić information content (AvgIpc) is 2.90. The van der Waals surface area contributed by atoms with E-state index in [1.165, 1.54) is 94.6 Å². The number of hydrogen-bond donors (Lipinski definition) is 0. The highest BCUT2D eigenvalue weighted by atomic mass is 16.1. The van der Waals surface area contributed by atoms with Crippen molar-refractivity contribution < 1.29 is 4.79 Å². The number of carbonyl (C=O) groups is 1. The van der Waals surface area contributed by atoms with Crippen LogP contribution in [0.2, 0.25) is 0 Å². The lowest BCUT2D eigenvalue weighted by Crippen LogP contribution is -2.21. The molecule has 0 radical (unpaired) electrons. The molecule has 2 aromatic carbocycles. The Labute approximate surface area is 209 Å². The molecule has 0 bridgehead atoms. The van der Waals surface area contributed by atoms with Gasteiger partial charge >= 0.3 is 0 Å².